The minimum atomic E-state index is -3.68. The van der Waals surface area contributed by atoms with Crippen LogP contribution in [0.15, 0.2) is 9.94 Å². The van der Waals surface area contributed by atoms with Gasteiger partial charge in [-0.25, -0.2) is 8.42 Å². The van der Waals surface area contributed by atoms with Crippen molar-refractivity contribution < 1.29 is 13.2 Å². The zero-order chi connectivity index (χ0) is 10.6. The van der Waals surface area contributed by atoms with E-state index in [1.807, 2.05) is 0 Å². The second kappa shape index (κ2) is 4.79. The Morgan fingerprint density at radius 3 is 2.50 bits per heavy atom. The zero-order valence-electron chi connectivity index (χ0n) is 7.62. The topological polar surface area (TPSA) is 63.2 Å². The van der Waals surface area contributed by atoms with E-state index in [0.717, 1.165) is 19.3 Å². The molecule has 0 aromatic heterocycles. The number of carbonyl (C=O) groups is 1. The van der Waals surface area contributed by atoms with E-state index in [1.54, 1.807) is 4.72 Å². The average Bonchev–Trinajstić information content (AvgIpc) is 2.29. The Morgan fingerprint density at radius 1 is 1.21 bits per heavy atom. The van der Waals surface area contributed by atoms with Gasteiger partial charge in [0.15, 0.2) is 0 Å². The third kappa shape index (κ3) is 2.72. The number of rotatable bonds is 3. The maximum absolute atomic E-state index is 11.5. The summed E-state index contributed by atoms with van der Waals surface area (Å²) in [5.74, 6) is 0. The van der Waals surface area contributed by atoms with Gasteiger partial charge in [0, 0.05) is 5.03 Å². The van der Waals surface area contributed by atoms with E-state index in [9.17, 15) is 13.2 Å². The van der Waals surface area contributed by atoms with Gasteiger partial charge in [-0.3, -0.25) is 9.52 Å². The monoisotopic (exact) mass is 237 g/mol. The Bertz CT molecular complexity index is 348. The Morgan fingerprint density at radius 2 is 1.86 bits per heavy atom. The van der Waals surface area contributed by atoms with Crippen molar-refractivity contribution in [2.75, 3.05) is 0 Å². The van der Waals surface area contributed by atoms with Crippen molar-refractivity contribution in [2.45, 2.75) is 32.1 Å². The van der Waals surface area contributed by atoms with Crippen molar-refractivity contribution in [1.82, 2.24) is 4.72 Å². The Labute approximate surface area is 88.4 Å². The molecule has 0 unspecified atom stereocenters. The molecule has 0 radical (unpaired) electrons. The number of sulfonamides is 1. The van der Waals surface area contributed by atoms with Crippen LogP contribution in [0, 0.1) is 0 Å². The predicted octanol–water partition coefficient (Wildman–Crippen LogP) is 1.48. The van der Waals surface area contributed by atoms with Crippen molar-refractivity contribution in [3.05, 3.63) is 9.94 Å². The number of hydrogen-bond acceptors (Lipinski definition) is 3. The van der Waals surface area contributed by atoms with Gasteiger partial charge in [0.2, 0.25) is 6.41 Å². The highest BCUT2D eigenvalue weighted by molar-refractivity contribution is 7.93. The van der Waals surface area contributed by atoms with Gasteiger partial charge in [-0.15, -0.1) is 0 Å². The van der Waals surface area contributed by atoms with Gasteiger partial charge in [0.25, 0.3) is 10.0 Å². The van der Waals surface area contributed by atoms with Gasteiger partial charge in [-0.2, -0.15) is 0 Å². The molecule has 1 amide bonds. The van der Waals surface area contributed by atoms with Crippen LogP contribution >= 0.6 is 11.6 Å². The van der Waals surface area contributed by atoms with Gasteiger partial charge >= 0.3 is 0 Å². The highest BCUT2D eigenvalue weighted by Crippen LogP contribution is 2.29. The fourth-order valence-electron chi connectivity index (χ4n) is 1.43. The minimum absolute atomic E-state index is 0.164. The van der Waals surface area contributed by atoms with E-state index in [2.05, 4.69) is 0 Å². The van der Waals surface area contributed by atoms with Crippen molar-refractivity contribution in [3.8, 4) is 0 Å². The standard InChI is InChI=1S/C8H12ClNO3S/c9-7-4-2-1-3-5-8(7)14(12,13)10-6-11/h6H,1-5H2,(H,10,11). The van der Waals surface area contributed by atoms with Gasteiger partial charge in [-0.1, -0.05) is 18.0 Å². The first-order valence-corrected chi connectivity index (χ1v) is 6.27. The first kappa shape index (κ1) is 11.5. The Balaban J connectivity index is 2.98. The molecule has 0 bridgehead atoms. The number of nitrogens with one attached hydrogen (secondary N) is 1. The summed E-state index contributed by atoms with van der Waals surface area (Å²) in [7, 11) is -3.68. The summed E-state index contributed by atoms with van der Waals surface area (Å²) in [6.07, 6.45) is 3.83. The molecule has 6 heteroatoms. The molecule has 14 heavy (non-hydrogen) atoms. The number of hydrogen-bond donors (Lipinski definition) is 1. The quantitative estimate of drug-likeness (QED) is 0.757. The lowest BCUT2D eigenvalue weighted by atomic mass is 10.2. The van der Waals surface area contributed by atoms with Crippen LogP contribution in [0.3, 0.4) is 0 Å². The Kier molecular flexibility index (Phi) is 3.95. The summed E-state index contributed by atoms with van der Waals surface area (Å²) in [6, 6.07) is 0. The molecular weight excluding hydrogens is 226 g/mol. The number of amides is 1. The highest BCUT2D eigenvalue weighted by Gasteiger charge is 2.21. The van der Waals surface area contributed by atoms with Crippen molar-refractivity contribution in [3.63, 3.8) is 0 Å². The van der Waals surface area contributed by atoms with Crippen LogP contribution in [0.1, 0.15) is 32.1 Å². The van der Waals surface area contributed by atoms with Crippen molar-refractivity contribution >= 4 is 28.0 Å². The molecular formula is C8H12ClNO3S. The lowest BCUT2D eigenvalue weighted by Gasteiger charge is -2.07. The van der Waals surface area contributed by atoms with Crippen LogP contribution in [0.5, 0.6) is 0 Å². The van der Waals surface area contributed by atoms with Crippen LogP contribution in [-0.4, -0.2) is 14.8 Å². The van der Waals surface area contributed by atoms with Gasteiger partial charge in [0.1, 0.15) is 0 Å². The molecule has 4 nitrogen and oxygen atoms in total. The van der Waals surface area contributed by atoms with E-state index in [1.165, 1.54) is 0 Å². The highest BCUT2D eigenvalue weighted by atomic mass is 35.5. The molecule has 0 saturated heterocycles. The van der Waals surface area contributed by atoms with Crippen LogP contribution in [0.4, 0.5) is 0 Å². The predicted molar refractivity (Wildman–Crippen MR) is 54.1 cm³/mol. The molecule has 0 atom stereocenters. The van der Waals surface area contributed by atoms with E-state index in [4.69, 9.17) is 11.6 Å². The van der Waals surface area contributed by atoms with E-state index in [0.29, 0.717) is 17.9 Å². The summed E-state index contributed by atoms with van der Waals surface area (Å²) < 4.78 is 24.7. The maximum Gasteiger partial charge on any atom is 0.261 e. The van der Waals surface area contributed by atoms with Crippen LogP contribution in [0.25, 0.3) is 0 Å². The average molecular weight is 238 g/mol. The molecule has 0 heterocycles. The van der Waals surface area contributed by atoms with Gasteiger partial charge in [0.05, 0.1) is 4.91 Å². The molecule has 0 aromatic carbocycles. The molecule has 1 aliphatic rings. The maximum atomic E-state index is 11.5. The summed E-state index contributed by atoms with van der Waals surface area (Å²) in [6.45, 7) is 0. The largest absolute Gasteiger partial charge is 0.278 e. The molecule has 80 valence electrons. The van der Waals surface area contributed by atoms with E-state index in [-0.39, 0.29) is 11.3 Å². The third-order valence-corrected chi connectivity index (χ3v) is 4.17. The molecule has 0 spiro atoms. The first-order valence-electron chi connectivity index (χ1n) is 4.41. The van der Waals surface area contributed by atoms with E-state index >= 15 is 0 Å². The molecule has 0 fully saturated rings. The van der Waals surface area contributed by atoms with Gasteiger partial charge in [-0.05, 0) is 25.7 Å². The Hall–Kier alpha value is -0.550. The number of carbonyl (C=O) groups excluding carboxylic acids is 1. The smallest absolute Gasteiger partial charge is 0.261 e. The fourth-order valence-corrected chi connectivity index (χ4v) is 3.04. The lowest BCUT2D eigenvalue weighted by Crippen LogP contribution is -2.23. The molecule has 1 N–H and O–H groups in total. The van der Waals surface area contributed by atoms with Crippen LogP contribution < -0.4 is 4.72 Å². The minimum Gasteiger partial charge on any atom is -0.278 e. The lowest BCUT2D eigenvalue weighted by molar-refractivity contribution is -0.108. The SMILES string of the molecule is O=CNS(=O)(=O)C1=C(Cl)CCCCC1. The second-order valence-electron chi connectivity index (χ2n) is 3.13. The molecule has 0 saturated carbocycles. The second-order valence-corrected chi connectivity index (χ2v) is 5.32. The normalized spacial score (nSPS) is 18.9. The first-order chi connectivity index (χ1) is 6.58. The van der Waals surface area contributed by atoms with Crippen molar-refractivity contribution in [2.24, 2.45) is 0 Å². The summed E-state index contributed by atoms with van der Waals surface area (Å²) in [5, 5.41) is 0.358. The summed E-state index contributed by atoms with van der Waals surface area (Å²) in [4.78, 5) is 10.3. The summed E-state index contributed by atoms with van der Waals surface area (Å²) in [5.41, 5.74) is 0. The number of allylic oxidation sites excluding steroid dienone is 2. The molecule has 1 aliphatic carbocycles. The van der Waals surface area contributed by atoms with E-state index < -0.39 is 10.0 Å². The third-order valence-electron chi connectivity index (χ3n) is 2.13. The molecule has 0 aromatic rings. The van der Waals surface area contributed by atoms with Gasteiger partial charge < -0.3 is 0 Å². The summed E-state index contributed by atoms with van der Waals surface area (Å²) >= 11 is 5.85. The van der Waals surface area contributed by atoms with Crippen LogP contribution in [-0.2, 0) is 14.8 Å². The fraction of sp³-hybridized carbons (Fsp3) is 0.625. The zero-order valence-corrected chi connectivity index (χ0v) is 9.20. The molecule has 0 aliphatic heterocycles. The molecule has 1 rings (SSSR count). The van der Waals surface area contributed by atoms with Crippen LogP contribution in [0.2, 0.25) is 0 Å². The number of halogens is 1. The van der Waals surface area contributed by atoms with Crippen molar-refractivity contribution in [1.29, 1.82) is 0 Å².